The number of nitrogens with zero attached hydrogens (tertiary/aromatic N) is 2. The number of hydrogen-bond acceptors (Lipinski definition) is 4. The average Bonchev–Trinajstić information content (AvgIpc) is 3.15. The van der Waals surface area contributed by atoms with Gasteiger partial charge in [0.05, 0.1) is 23.7 Å². The summed E-state index contributed by atoms with van der Waals surface area (Å²) >= 11 is 1.59. The van der Waals surface area contributed by atoms with Crippen molar-refractivity contribution in [3.05, 3.63) is 15.9 Å². The second-order valence-corrected chi connectivity index (χ2v) is 10.5. The number of thiazole rings is 1. The zero-order valence-corrected chi connectivity index (χ0v) is 16.3. The Morgan fingerprint density at radius 2 is 2.15 bits per heavy atom. The van der Waals surface area contributed by atoms with Crippen molar-refractivity contribution >= 4 is 17.2 Å². The molecule has 2 heterocycles. The summed E-state index contributed by atoms with van der Waals surface area (Å²) in [6.07, 6.45) is 9.93. The molecule has 6 rings (SSSR count). The highest BCUT2D eigenvalue weighted by Gasteiger charge is 2.60. The summed E-state index contributed by atoms with van der Waals surface area (Å²) in [5.74, 6) is 1.02. The van der Waals surface area contributed by atoms with Crippen LogP contribution >= 0.6 is 11.3 Å². The van der Waals surface area contributed by atoms with Gasteiger partial charge in [-0.3, -0.25) is 4.79 Å². The molecule has 0 spiro atoms. The van der Waals surface area contributed by atoms with E-state index in [9.17, 15) is 9.90 Å². The van der Waals surface area contributed by atoms with Gasteiger partial charge in [-0.25, -0.2) is 0 Å². The number of carbonyl (C=O) groups excluding carboxylic acids is 1. The molecule has 142 valence electrons. The van der Waals surface area contributed by atoms with Gasteiger partial charge in [0.2, 0.25) is 0 Å². The van der Waals surface area contributed by atoms with Crippen LogP contribution in [0.3, 0.4) is 0 Å². The Labute approximate surface area is 158 Å². The molecule has 0 radical (unpaired) electrons. The van der Waals surface area contributed by atoms with Gasteiger partial charge in [-0.2, -0.15) is 4.99 Å². The maximum Gasteiger partial charge on any atom is 0.254 e. The minimum Gasteiger partial charge on any atom is -0.390 e. The van der Waals surface area contributed by atoms with Crippen molar-refractivity contribution in [2.24, 2.45) is 22.2 Å². The standard InChI is InChI=1S/C20H28N2O3S/c1-13-10-22(11-16-3-2-4-25-16)18(26-13)21-17(23)19-6-14-5-15(7-19)9-20(24,8-14)12-19/h10,14-16,24H,2-9,11-12H2,1H3/b21-18-. The molecule has 3 unspecified atom stereocenters. The number of ether oxygens (including phenoxy) is 1. The summed E-state index contributed by atoms with van der Waals surface area (Å²) in [6.45, 7) is 3.68. The molecule has 1 saturated heterocycles. The smallest absolute Gasteiger partial charge is 0.254 e. The van der Waals surface area contributed by atoms with Gasteiger partial charge < -0.3 is 14.4 Å². The van der Waals surface area contributed by atoms with Crippen LogP contribution in [0.4, 0.5) is 0 Å². The summed E-state index contributed by atoms with van der Waals surface area (Å²) < 4.78 is 7.86. The molecule has 4 saturated carbocycles. The molecule has 5 nitrogen and oxygen atoms in total. The van der Waals surface area contributed by atoms with Crippen molar-refractivity contribution in [2.75, 3.05) is 6.61 Å². The third-order valence-corrected chi connectivity index (χ3v) is 7.88. The van der Waals surface area contributed by atoms with E-state index in [1.54, 1.807) is 11.3 Å². The van der Waals surface area contributed by atoms with Crippen LogP contribution < -0.4 is 4.80 Å². The molecule has 4 bridgehead atoms. The Balaban J connectivity index is 1.44. The zero-order chi connectivity index (χ0) is 17.9. The van der Waals surface area contributed by atoms with E-state index in [0.717, 1.165) is 56.5 Å². The maximum absolute atomic E-state index is 13.3. The summed E-state index contributed by atoms with van der Waals surface area (Å²) in [7, 11) is 0. The summed E-state index contributed by atoms with van der Waals surface area (Å²) in [4.78, 5) is 19.9. The van der Waals surface area contributed by atoms with Gasteiger partial charge in [0.25, 0.3) is 5.91 Å². The molecule has 1 aromatic rings. The number of aryl methyl sites for hydroxylation is 1. The van der Waals surface area contributed by atoms with Crippen molar-refractivity contribution < 1.29 is 14.6 Å². The minimum absolute atomic E-state index is 0.00738. The van der Waals surface area contributed by atoms with E-state index in [4.69, 9.17) is 4.74 Å². The Morgan fingerprint density at radius 1 is 1.38 bits per heavy atom. The SMILES string of the molecule is Cc1cn(CC2CCCO2)/c(=N/C(=O)C23CC4CC(CC(O)(C4)C2)C3)s1. The van der Waals surface area contributed by atoms with Crippen LogP contribution in [0.25, 0.3) is 0 Å². The molecule has 1 aliphatic heterocycles. The first-order valence-electron chi connectivity index (χ1n) is 10.0. The number of carbonyl (C=O) groups is 1. The quantitative estimate of drug-likeness (QED) is 0.882. The predicted octanol–water partition coefficient (Wildman–Crippen LogP) is 2.80. The molecule has 0 aromatic carbocycles. The van der Waals surface area contributed by atoms with E-state index < -0.39 is 11.0 Å². The van der Waals surface area contributed by atoms with E-state index in [-0.39, 0.29) is 12.0 Å². The Morgan fingerprint density at radius 3 is 2.81 bits per heavy atom. The number of amides is 1. The molecule has 5 aliphatic rings. The number of aliphatic hydroxyl groups is 1. The molecular weight excluding hydrogens is 348 g/mol. The van der Waals surface area contributed by atoms with Crippen molar-refractivity contribution in [3.63, 3.8) is 0 Å². The van der Waals surface area contributed by atoms with Crippen LogP contribution in [-0.2, 0) is 16.1 Å². The Bertz CT molecular complexity index is 775. The lowest BCUT2D eigenvalue weighted by molar-refractivity contribution is -0.175. The molecule has 4 aliphatic carbocycles. The topological polar surface area (TPSA) is 63.8 Å². The summed E-state index contributed by atoms with van der Waals surface area (Å²) in [5.41, 5.74) is -1.04. The van der Waals surface area contributed by atoms with E-state index in [0.29, 0.717) is 18.3 Å². The fourth-order valence-electron chi connectivity index (χ4n) is 6.40. The van der Waals surface area contributed by atoms with Crippen molar-refractivity contribution in [3.8, 4) is 0 Å². The molecular formula is C20H28N2O3S. The third-order valence-electron chi connectivity index (χ3n) is 6.94. The van der Waals surface area contributed by atoms with E-state index in [1.807, 2.05) is 0 Å². The van der Waals surface area contributed by atoms with Crippen LogP contribution in [0.15, 0.2) is 11.2 Å². The van der Waals surface area contributed by atoms with E-state index in [2.05, 4.69) is 22.7 Å². The molecule has 1 N–H and O–H groups in total. The lowest BCUT2D eigenvalue weighted by Crippen LogP contribution is -2.58. The Kier molecular flexibility index (Phi) is 3.96. The summed E-state index contributed by atoms with van der Waals surface area (Å²) in [6, 6.07) is 0. The molecule has 6 heteroatoms. The van der Waals surface area contributed by atoms with Gasteiger partial charge in [-0.05, 0) is 70.1 Å². The fourth-order valence-corrected chi connectivity index (χ4v) is 7.24. The minimum atomic E-state index is -0.617. The summed E-state index contributed by atoms with van der Waals surface area (Å²) in [5, 5.41) is 10.9. The van der Waals surface area contributed by atoms with Gasteiger partial charge in [0.1, 0.15) is 0 Å². The number of hydrogen-bond donors (Lipinski definition) is 1. The van der Waals surface area contributed by atoms with Crippen molar-refractivity contribution in [1.29, 1.82) is 0 Å². The number of rotatable bonds is 3. The van der Waals surface area contributed by atoms with Crippen LogP contribution in [-0.4, -0.2) is 33.9 Å². The molecule has 26 heavy (non-hydrogen) atoms. The lowest BCUT2D eigenvalue weighted by atomic mass is 9.47. The third kappa shape index (κ3) is 2.90. The second-order valence-electron chi connectivity index (χ2n) is 9.29. The average molecular weight is 377 g/mol. The predicted molar refractivity (Wildman–Crippen MR) is 98.7 cm³/mol. The molecule has 5 fully saturated rings. The van der Waals surface area contributed by atoms with Crippen LogP contribution in [0.5, 0.6) is 0 Å². The fraction of sp³-hybridized carbons (Fsp3) is 0.800. The first kappa shape index (κ1) is 17.1. The molecule has 1 amide bonds. The lowest BCUT2D eigenvalue weighted by Gasteiger charge is -2.58. The van der Waals surface area contributed by atoms with E-state index >= 15 is 0 Å². The highest BCUT2D eigenvalue weighted by Crippen LogP contribution is 2.61. The zero-order valence-electron chi connectivity index (χ0n) is 15.4. The van der Waals surface area contributed by atoms with Gasteiger partial charge in [0.15, 0.2) is 4.80 Å². The van der Waals surface area contributed by atoms with Crippen LogP contribution in [0.2, 0.25) is 0 Å². The first-order chi connectivity index (χ1) is 12.4. The second kappa shape index (κ2) is 6.01. The molecule has 3 atom stereocenters. The number of aromatic nitrogens is 1. The van der Waals surface area contributed by atoms with Gasteiger partial charge in [0, 0.05) is 17.7 Å². The van der Waals surface area contributed by atoms with Gasteiger partial charge in [-0.1, -0.05) is 0 Å². The normalized spacial score (nSPS) is 41.9. The van der Waals surface area contributed by atoms with Gasteiger partial charge >= 0.3 is 0 Å². The Hall–Kier alpha value is -0.980. The van der Waals surface area contributed by atoms with Crippen molar-refractivity contribution in [1.82, 2.24) is 4.57 Å². The van der Waals surface area contributed by atoms with Gasteiger partial charge in [-0.15, -0.1) is 11.3 Å². The highest BCUT2D eigenvalue weighted by atomic mass is 32.1. The molecule has 1 aromatic heterocycles. The van der Waals surface area contributed by atoms with E-state index in [1.165, 1.54) is 11.3 Å². The highest BCUT2D eigenvalue weighted by molar-refractivity contribution is 7.09. The monoisotopic (exact) mass is 376 g/mol. The van der Waals surface area contributed by atoms with Crippen LogP contribution in [0, 0.1) is 24.2 Å². The van der Waals surface area contributed by atoms with Crippen LogP contribution in [0.1, 0.15) is 56.2 Å². The first-order valence-corrected chi connectivity index (χ1v) is 10.8. The van der Waals surface area contributed by atoms with Crippen molar-refractivity contribution in [2.45, 2.75) is 76.5 Å². The maximum atomic E-state index is 13.3. The largest absolute Gasteiger partial charge is 0.390 e.